The number of thiazole rings is 1. The fourth-order valence-corrected chi connectivity index (χ4v) is 4.29. The highest BCUT2D eigenvalue weighted by molar-refractivity contribution is 7.18. The molecular weight excluding hydrogens is 338 g/mol. The molecule has 0 spiro atoms. The van der Waals surface area contributed by atoms with Crippen molar-refractivity contribution in [2.24, 2.45) is 0 Å². The Morgan fingerprint density at radius 2 is 1.92 bits per heavy atom. The number of pyridine rings is 1. The lowest BCUT2D eigenvalue weighted by Crippen LogP contribution is -2.07. The zero-order valence-electron chi connectivity index (χ0n) is 13.9. The number of hydrogen-bond donors (Lipinski definition) is 1. The molecule has 0 aromatic carbocycles. The number of rotatable bonds is 3. The molecule has 24 heavy (non-hydrogen) atoms. The van der Waals surface area contributed by atoms with E-state index in [1.54, 1.807) is 17.5 Å². The number of nitrogen functional groups attached to an aromatic ring is 1. The van der Waals surface area contributed by atoms with Gasteiger partial charge in [-0.25, -0.2) is 9.97 Å². The summed E-state index contributed by atoms with van der Waals surface area (Å²) in [5, 5.41) is 10.4. The summed E-state index contributed by atoms with van der Waals surface area (Å²) in [5.41, 5.74) is 9.12. The number of nitrogens with zero attached hydrogens (tertiary/aromatic N) is 4. The van der Waals surface area contributed by atoms with Crippen LogP contribution < -0.4 is 10.6 Å². The minimum Gasteiger partial charge on any atom is -0.383 e. The summed E-state index contributed by atoms with van der Waals surface area (Å²) >= 11 is 3.26. The second kappa shape index (κ2) is 6.23. The highest BCUT2D eigenvalue weighted by Crippen LogP contribution is 2.38. The van der Waals surface area contributed by atoms with Crippen LogP contribution in [0.25, 0.3) is 21.7 Å². The van der Waals surface area contributed by atoms with Gasteiger partial charge in [0, 0.05) is 41.2 Å². The van der Waals surface area contributed by atoms with E-state index in [1.807, 2.05) is 25.1 Å². The molecular formula is C17H17N5S2. The molecule has 0 fully saturated rings. The highest BCUT2D eigenvalue weighted by Gasteiger charge is 2.17. The van der Waals surface area contributed by atoms with Crippen molar-refractivity contribution in [1.82, 2.24) is 9.97 Å². The van der Waals surface area contributed by atoms with E-state index < -0.39 is 0 Å². The minimum atomic E-state index is 0.257. The van der Waals surface area contributed by atoms with Crippen LogP contribution in [-0.2, 0) is 0 Å². The van der Waals surface area contributed by atoms with Gasteiger partial charge < -0.3 is 10.6 Å². The molecule has 0 radical (unpaired) electrons. The monoisotopic (exact) mass is 355 g/mol. The highest BCUT2D eigenvalue weighted by atomic mass is 32.1. The minimum absolute atomic E-state index is 0.257. The Bertz CT molecular complexity index is 947. The third-order valence-corrected chi connectivity index (χ3v) is 5.78. The van der Waals surface area contributed by atoms with Gasteiger partial charge in [0.1, 0.15) is 17.5 Å². The van der Waals surface area contributed by atoms with Crippen LogP contribution in [0.2, 0.25) is 0 Å². The predicted octanol–water partition coefficient (Wildman–Crippen LogP) is 4.07. The van der Waals surface area contributed by atoms with Crippen molar-refractivity contribution in [3.8, 4) is 27.8 Å². The van der Waals surface area contributed by atoms with Gasteiger partial charge in [-0.05, 0) is 26.0 Å². The van der Waals surface area contributed by atoms with Gasteiger partial charge in [-0.2, -0.15) is 5.26 Å². The Kier molecular flexibility index (Phi) is 4.26. The van der Waals surface area contributed by atoms with Crippen molar-refractivity contribution in [2.75, 3.05) is 24.7 Å². The van der Waals surface area contributed by atoms with Crippen molar-refractivity contribution >= 4 is 33.6 Å². The predicted molar refractivity (Wildman–Crippen MR) is 102 cm³/mol. The second-order valence-electron chi connectivity index (χ2n) is 5.66. The Morgan fingerprint density at radius 3 is 2.46 bits per heavy atom. The van der Waals surface area contributed by atoms with Gasteiger partial charge >= 0.3 is 0 Å². The SMILES string of the molecule is Cc1cc(-c2cc(-c3cnc(N(C)C)s3)c(C#N)c(N)n2)c(C)s1. The Hall–Kier alpha value is -2.43. The summed E-state index contributed by atoms with van der Waals surface area (Å²) in [6.07, 6.45) is 1.78. The number of anilines is 2. The maximum atomic E-state index is 9.50. The van der Waals surface area contributed by atoms with Gasteiger partial charge in [0.15, 0.2) is 5.13 Å². The fourth-order valence-electron chi connectivity index (χ4n) is 2.50. The average molecular weight is 355 g/mol. The van der Waals surface area contributed by atoms with E-state index in [-0.39, 0.29) is 5.82 Å². The Labute approximate surface area is 149 Å². The maximum absolute atomic E-state index is 9.50. The number of nitriles is 1. The third-order valence-electron chi connectivity index (χ3n) is 3.62. The fraction of sp³-hybridized carbons (Fsp3) is 0.235. The molecule has 0 saturated heterocycles. The molecule has 3 aromatic rings. The van der Waals surface area contributed by atoms with E-state index >= 15 is 0 Å². The molecule has 3 heterocycles. The number of thiophene rings is 1. The standard InChI is InChI=1S/C17H17N5S2/c1-9-5-11(10(2)23-9)14-6-12(13(7-18)16(19)21-14)15-8-20-17(24-15)22(3)4/h5-6,8H,1-4H3,(H2,19,21). The van der Waals surface area contributed by atoms with E-state index in [0.29, 0.717) is 5.56 Å². The molecule has 5 nitrogen and oxygen atoms in total. The molecule has 0 aliphatic heterocycles. The smallest absolute Gasteiger partial charge is 0.185 e. The zero-order chi connectivity index (χ0) is 17.4. The molecule has 122 valence electrons. The van der Waals surface area contributed by atoms with Gasteiger partial charge in [-0.3, -0.25) is 0 Å². The third kappa shape index (κ3) is 2.86. The molecule has 0 aliphatic rings. The van der Waals surface area contributed by atoms with Crippen LogP contribution in [0.5, 0.6) is 0 Å². The van der Waals surface area contributed by atoms with E-state index in [0.717, 1.165) is 26.8 Å². The van der Waals surface area contributed by atoms with E-state index in [2.05, 4.69) is 36.0 Å². The van der Waals surface area contributed by atoms with Gasteiger partial charge in [0.2, 0.25) is 0 Å². The summed E-state index contributed by atoms with van der Waals surface area (Å²) in [5.74, 6) is 0.257. The van der Waals surface area contributed by atoms with Crippen LogP contribution in [0.1, 0.15) is 15.3 Å². The molecule has 3 rings (SSSR count). The number of aryl methyl sites for hydroxylation is 2. The summed E-state index contributed by atoms with van der Waals surface area (Å²) in [7, 11) is 3.88. The molecule has 7 heteroatoms. The summed E-state index contributed by atoms with van der Waals surface area (Å²) in [4.78, 5) is 14.1. The van der Waals surface area contributed by atoms with E-state index in [4.69, 9.17) is 5.73 Å². The number of aromatic nitrogens is 2. The Morgan fingerprint density at radius 1 is 1.17 bits per heavy atom. The van der Waals surface area contributed by atoms with E-state index in [1.165, 1.54) is 21.1 Å². The van der Waals surface area contributed by atoms with Crippen LogP contribution in [0, 0.1) is 25.2 Å². The number of hydrogen-bond acceptors (Lipinski definition) is 7. The Balaban J connectivity index is 2.20. The van der Waals surface area contributed by atoms with Crippen LogP contribution in [0.3, 0.4) is 0 Å². The van der Waals surface area contributed by atoms with Crippen LogP contribution >= 0.6 is 22.7 Å². The second-order valence-corrected chi connectivity index (χ2v) is 8.13. The van der Waals surface area contributed by atoms with Crippen molar-refractivity contribution in [3.05, 3.63) is 33.6 Å². The van der Waals surface area contributed by atoms with E-state index in [9.17, 15) is 5.26 Å². The first-order valence-corrected chi connectivity index (χ1v) is 8.95. The maximum Gasteiger partial charge on any atom is 0.185 e. The summed E-state index contributed by atoms with van der Waals surface area (Å²) in [6.45, 7) is 4.14. The first kappa shape index (κ1) is 16.4. The van der Waals surface area contributed by atoms with Crippen LogP contribution in [-0.4, -0.2) is 24.1 Å². The summed E-state index contributed by atoms with van der Waals surface area (Å²) < 4.78 is 0. The van der Waals surface area contributed by atoms with Crippen molar-refractivity contribution in [1.29, 1.82) is 5.26 Å². The number of nitrogens with two attached hydrogens (primary N) is 1. The first-order valence-electron chi connectivity index (χ1n) is 7.32. The van der Waals surface area contributed by atoms with Gasteiger partial charge in [-0.1, -0.05) is 11.3 Å². The normalized spacial score (nSPS) is 10.6. The molecule has 0 amide bonds. The molecule has 0 saturated carbocycles. The van der Waals surface area contributed by atoms with Gasteiger partial charge in [0.25, 0.3) is 0 Å². The van der Waals surface area contributed by atoms with Gasteiger partial charge in [0.05, 0.1) is 10.6 Å². The molecule has 3 aromatic heterocycles. The molecule has 0 atom stereocenters. The topological polar surface area (TPSA) is 78.8 Å². The van der Waals surface area contributed by atoms with Crippen LogP contribution in [0.15, 0.2) is 18.3 Å². The lowest BCUT2D eigenvalue weighted by atomic mass is 10.0. The lowest BCUT2D eigenvalue weighted by molar-refractivity contribution is 1.10. The molecule has 0 aliphatic carbocycles. The average Bonchev–Trinajstić information content (AvgIpc) is 3.13. The quantitative estimate of drug-likeness (QED) is 0.766. The lowest BCUT2D eigenvalue weighted by Gasteiger charge is -2.09. The van der Waals surface area contributed by atoms with Crippen LogP contribution in [0.4, 0.5) is 10.9 Å². The molecule has 0 unspecified atom stereocenters. The zero-order valence-corrected chi connectivity index (χ0v) is 15.5. The summed E-state index contributed by atoms with van der Waals surface area (Å²) in [6, 6.07) is 6.23. The largest absolute Gasteiger partial charge is 0.383 e. The molecule has 0 bridgehead atoms. The molecule has 2 N–H and O–H groups in total. The van der Waals surface area contributed by atoms with Gasteiger partial charge in [-0.15, -0.1) is 11.3 Å². The van der Waals surface area contributed by atoms with Crippen molar-refractivity contribution < 1.29 is 0 Å². The first-order chi connectivity index (χ1) is 11.4. The van der Waals surface area contributed by atoms with Crippen molar-refractivity contribution in [2.45, 2.75) is 13.8 Å². The van der Waals surface area contributed by atoms with Crippen molar-refractivity contribution in [3.63, 3.8) is 0 Å².